The molecule has 1 unspecified atom stereocenters. The van der Waals surface area contributed by atoms with Crippen LogP contribution in [0.5, 0.6) is 5.75 Å². The summed E-state index contributed by atoms with van der Waals surface area (Å²) < 4.78 is 19.2. The van der Waals surface area contributed by atoms with E-state index in [-0.39, 0.29) is 23.5 Å². The van der Waals surface area contributed by atoms with Crippen LogP contribution in [0.3, 0.4) is 0 Å². The van der Waals surface area contributed by atoms with Gasteiger partial charge in [-0.05, 0) is 31.2 Å². The van der Waals surface area contributed by atoms with Crippen LogP contribution in [0.4, 0.5) is 15.2 Å². The van der Waals surface area contributed by atoms with Crippen LogP contribution < -0.4 is 15.4 Å². The Morgan fingerprint density at radius 3 is 2.86 bits per heavy atom. The smallest absolute Gasteiger partial charge is 0.230 e. The van der Waals surface area contributed by atoms with Gasteiger partial charge >= 0.3 is 0 Å². The molecule has 0 fully saturated rings. The first-order valence-electron chi connectivity index (χ1n) is 8.46. The minimum atomic E-state index is -0.329. The number of hydrogen-bond acceptors (Lipinski definition) is 7. The van der Waals surface area contributed by atoms with Crippen molar-refractivity contribution < 1.29 is 13.9 Å². The number of carbonyl (C=O) groups excluding carboxylic acids is 1. The SMILES string of the molecule is COc1ccccc1C(C)NC(=O)CSc1nnc(Nc2cccc(F)c2)s1. The van der Waals surface area contributed by atoms with Crippen molar-refractivity contribution in [3.8, 4) is 5.75 Å². The summed E-state index contributed by atoms with van der Waals surface area (Å²) in [6.07, 6.45) is 0. The first-order chi connectivity index (χ1) is 13.5. The van der Waals surface area contributed by atoms with Gasteiger partial charge in [-0.25, -0.2) is 4.39 Å². The van der Waals surface area contributed by atoms with E-state index in [2.05, 4.69) is 20.8 Å². The molecule has 0 saturated heterocycles. The minimum Gasteiger partial charge on any atom is -0.496 e. The molecule has 6 nitrogen and oxygen atoms in total. The number of benzene rings is 2. The van der Waals surface area contributed by atoms with E-state index in [0.29, 0.717) is 15.2 Å². The van der Waals surface area contributed by atoms with Gasteiger partial charge in [-0.3, -0.25) is 4.79 Å². The van der Waals surface area contributed by atoms with Crippen molar-refractivity contribution in [1.29, 1.82) is 0 Å². The predicted octanol–water partition coefficient (Wildman–Crippen LogP) is 4.40. The highest BCUT2D eigenvalue weighted by Gasteiger charge is 2.15. The summed E-state index contributed by atoms with van der Waals surface area (Å²) in [5.74, 6) is 0.511. The van der Waals surface area contributed by atoms with Gasteiger partial charge in [-0.2, -0.15) is 0 Å². The topological polar surface area (TPSA) is 76.1 Å². The third-order valence-corrected chi connectivity index (χ3v) is 5.76. The zero-order chi connectivity index (χ0) is 19.9. The maximum atomic E-state index is 13.2. The van der Waals surface area contributed by atoms with E-state index in [1.54, 1.807) is 19.2 Å². The second kappa shape index (κ2) is 9.52. The van der Waals surface area contributed by atoms with Crippen molar-refractivity contribution >= 4 is 39.8 Å². The van der Waals surface area contributed by atoms with Crippen LogP contribution in [0, 0.1) is 5.82 Å². The second-order valence-corrected chi connectivity index (χ2v) is 8.03. The predicted molar refractivity (Wildman–Crippen MR) is 110 cm³/mol. The van der Waals surface area contributed by atoms with Crippen LogP contribution in [0.25, 0.3) is 0 Å². The Kier molecular flexibility index (Phi) is 6.83. The summed E-state index contributed by atoms with van der Waals surface area (Å²) in [5, 5.41) is 14.6. The summed E-state index contributed by atoms with van der Waals surface area (Å²) in [6, 6.07) is 13.5. The van der Waals surface area contributed by atoms with Crippen molar-refractivity contribution in [2.24, 2.45) is 0 Å². The van der Waals surface area contributed by atoms with Crippen LogP contribution in [0.2, 0.25) is 0 Å². The third-order valence-electron chi connectivity index (χ3n) is 3.79. The third kappa shape index (κ3) is 5.43. The van der Waals surface area contributed by atoms with Gasteiger partial charge in [-0.15, -0.1) is 10.2 Å². The molecule has 146 valence electrons. The molecule has 9 heteroatoms. The molecule has 1 heterocycles. The fourth-order valence-electron chi connectivity index (χ4n) is 2.52. The number of methoxy groups -OCH3 is 1. The second-order valence-electron chi connectivity index (χ2n) is 5.83. The maximum absolute atomic E-state index is 13.2. The molecule has 0 aliphatic rings. The highest BCUT2D eigenvalue weighted by molar-refractivity contribution is 8.01. The lowest BCUT2D eigenvalue weighted by molar-refractivity contribution is -0.119. The number of ether oxygens (including phenoxy) is 1. The van der Waals surface area contributed by atoms with Gasteiger partial charge < -0.3 is 15.4 Å². The number of carbonyl (C=O) groups is 1. The Morgan fingerprint density at radius 1 is 1.25 bits per heavy atom. The number of para-hydroxylation sites is 1. The molecule has 2 N–H and O–H groups in total. The van der Waals surface area contributed by atoms with E-state index in [4.69, 9.17) is 4.74 Å². The average Bonchev–Trinajstić information content (AvgIpc) is 3.13. The van der Waals surface area contributed by atoms with Gasteiger partial charge in [-0.1, -0.05) is 47.4 Å². The number of nitrogens with one attached hydrogen (secondary N) is 2. The van der Waals surface area contributed by atoms with E-state index in [9.17, 15) is 9.18 Å². The molecule has 0 bridgehead atoms. The van der Waals surface area contributed by atoms with Gasteiger partial charge in [0.15, 0.2) is 4.34 Å². The number of aromatic nitrogens is 2. The van der Waals surface area contributed by atoms with Gasteiger partial charge in [0, 0.05) is 11.3 Å². The maximum Gasteiger partial charge on any atom is 0.230 e. The first kappa shape index (κ1) is 20.1. The summed E-state index contributed by atoms with van der Waals surface area (Å²) in [4.78, 5) is 12.3. The lowest BCUT2D eigenvalue weighted by Gasteiger charge is -2.16. The van der Waals surface area contributed by atoms with E-state index >= 15 is 0 Å². The average molecular weight is 419 g/mol. The molecular weight excluding hydrogens is 399 g/mol. The molecule has 2 aromatic carbocycles. The van der Waals surface area contributed by atoms with Gasteiger partial charge in [0.05, 0.1) is 18.9 Å². The molecule has 0 aliphatic carbocycles. The molecule has 0 saturated carbocycles. The summed E-state index contributed by atoms with van der Waals surface area (Å²) in [5.41, 5.74) is 1.51. The molecule has 1 amide bonds. The number of anilines is 2. The van der Waals surface area contributed by atoms with Crippen molar-refractivity contribution in [3.05, 3.63) is 59.9 Å². The van der Waals surface area contributed by atoms with E-state index in [1.165, 1.54) is 35.2 Å². The summed E-state index contributed by atoms with van der Waals surface area (Å²) in [7, 11) is 1.61. The van der Waals surface area contributed by atoms with E-state index < -0.39 is 0 Å². The molecule has 3 aromatic rings. The van der Waals surface area contributed by atoms with Gasteiger partial charge in [0.2, 0.25) is 11.0 Å². The lowest BCUT2D eigenvalue weighted by atomic mass is 10.1. The number of amides is 1. The largest absolute Gasteiger partial charge is 0.496 e. The fourth-order valence-corrected chi connectivity index (χ4v) is 4.10. The molecule has 3 rings (SSSR count). The van der Waals surface area contributed by atoms with Crippen molar-refractivity contribution in [2.75, 3.05) is 18.2 Å². The number of rotatable bonds is 8. The monoisotopic (exact) mass is 418 g/mol. The van der Waals surface area contributed by atoms with Crippen LogP contribution in [0.15, 0.2) is 52.9 Å². The van der Waals surface area contributed by atoms with Crippen molar-refractivity contribution in [2.45, 2.75) is 17.3 Å². The molecule has 0 spiro atoms. The fraction of sp³-hybridized carbons (Fsp3) is 0.211. The molecular formula is C19H19FN4O2S2. The Balaban J connectivity index is 1.51. The number of halogens is 1. The minimum absolute atomic E-state index is 0.113. The van der Waals surface area contributed by atoms with Crippen LogP contribution >= 0.6 is 23.1 Å². The lowest BCUT2D eigenvalue weighted by Crippen LogP contribution is -2.28. The molecule has 1 aromatic heterocycles. The highest BCUT2D eigenvalue weighted by Crippen LogP contribution is 2.28. The molecule has 28 heavy (non-hydrogen) atoms. The van der Waals surface area contributed by atoms with Gasteiger partial charge in [0.25, 0.3) is 0 Å². The first-order valence-corrected chi connectivity index (χ1v) is 10.3. The van der Waals surface area contributed by atoms with Crippen molar-refractivity contribution in [3.63, 3.8) is 0 Å². The Hall–Kier alpha value is -2.65. The number of nitrogens with zero attached hydrogens (tertiary/aromatic N) is 2. The normalized spacial score (nSPS) is 11.7. The van der Waals surface area contributed by atoms with E-state index in [1.807, 2.05) is 31.2 Å². The van der Waals surface area contributed by atoms with Gasteiger partial charge in [0.1, 0.15) is 11.6 Å². The summed E-state index contributed by atoms with van der Waals surface area (Å²) >= 11 is 2.60. The van der Waals surface area contributed by atoms with Crippen LogP contribution in [-0.2, 0) is 4.79 Å². The number of hydrogen-bond donors (Lipinski definition) is 2. The van der Waals surface area contributed by atoms with Crippen molar-refractivity contribution in [1.82, 2.24) is 15.5 Å². The quantitative estimate of drug-likeness (QED) is 0.528. The standard InChI is InChI=1S/C19H19FN4O2S2/c1-12(15-8-3-4-9-16(15)26-2)21-17(25)11-27-19-24-23-18(28-19)22-14-7-5-6-13(20)10-14/h3-10,12H,11H2,1-2H3,(H,21,25)(H,22,23). The van der Waals surface area contributed by atoms with E-state index in [0.717, 1.165) is 11.3 Å². The van der Waals surface area contributed by atoms with Crippen LogP contribution in [-0.4, -0.2) is 29.0 Å². The van der Waals surface area contributed by atoms with Crippen LogP contribution in [0.1, 0.15) is 18.5 Å². The number of thioether (sulfide) groups is 1. The Labute approximate surface area is 170 Å². The highest BCUT2D eigenvalue weighted by atomic mass is 32.2. The molecule has 0 radical (unpaired) electrons. The zero-order valence-corrected chi connectivity index (χ0v) is 16.9. The molecule has 0 aliphatic heterocycles. The summed E-state index contributed by atoms with van der Waals surface area (Å²) in [6.45, 7) is 1.91. The Bertz CT molecular complexity index is 951. The molecule has 1 atom stereocenters. The zero-order valence-electron chi connectivity index (χ0n) is 15.3. The Morgan fingerprint density at radius 2 is 2.07 bits per heavy atom.